The van der Waals surface area contributed by atoms with Gasteiger partial charge in [0.15, 0.2) is 0 Å². The van der Waals surface area contributed by atoms with Gasteiger partial charge in [0.2, 0.25) is 0 Å². The molecule has 4 amide bonds. The van der Waals surface area contributed by atoms with E-state index in [0.717, 1.165) is 74.4 Å². The van der Waals surface area contributed by atoms with Crippen LogP contribution in [0.2, 0.25) is 0 Å². The van der Waals surface area contributed by atoms with Crippen LogP contribution in [-0.2, 0) is 14.3 Å². The molecule has 0 unspecified atom stereocenters. The van der Waals surface area contributed by atoms with E-state index in [2.05, 4.69) is 0 Å². The highest BCUT2D eigenvalue weighted by molar-refractivity contribution is 6.46. The predicted octanol–water partition coefficient (Wildman–Crippen LogP) is 11.9. The molecule has 13 aromatic carbocycles. The summed E-state index contributed by atoms with van der Waals surface area (Å²) in [5.74, 6) is -6.50. The summed E-state index contributed by atoms with van der Waals surface area (Å²) in [6.45, 7) is 0.295. The molecule has 13 aromatic rings. The number of amides is 4. The molecule has 0 radical (unpaired) electrons. The summed E-state index contributed by atoms with van der Waals surface area (Å²) in [6, 6.07) is 45.6. The van der Waals surface area contributed by atoms with Gasteiger partial charge in [-0.2, -0.15) is 0 Å². The molecule has 19 nitrogen and oxygen atoms in total. The third-order valence-corrected chi connectivity index (χ3v) is 16.6. The van der Waals surface area contributed by atoms with Crippen LogP contribution in [0, 0.1) is 0 Å². The Hall–Kier alpha value is -12.8. The standard InChI is InChI=1S/C38H18N2O8.C24H8O6.C7H7NO2/c41-17-48-21-7-5-20(6-8-21)40-36(44)28-15-11-24-22-9-13-26-32-27(35(43)39(34(26)42)19-3-1-18(2-4-19)38(46)47)14-10-23(30(22)32)25-12-16-29(37(40)45)33(28)31(24)25;25-21-13-5-1-9-10-2-6-15-20-16(24(28)30-23(15)27)8-4-12(18(10)20)11-3-7-14(22(26)29-21)19(13)17(9)11;8-6-3-1-5(2-4-6)7(9)10/h1-17H,(H,46,47);1-8H;1-4H,8H2,(H,9,10). The zero-order valence-electron chi connectivity index (χ0n) is 44.8. The highest BCUT2D eigenvalue weighted by atomic mass is 16.6. The maximum atomic E-state index is 13.9. The topological polar surface area (TPSA) is 288 Å². The molecule has 4 N–H and O–H groups in total. The number of anilines is 3. The number of hydrogen-bond donors (Lipinski definition) is 3. The molecule has 0 saturated heterocycles. The molecule has 0 aliphatic carbocycles. The second-order valence-electron chi connectivity index (χ2n) is 21.0. The first kappa shape index (κ1) is 52.1. The lowest BCUT2D eigenvalue weighted by atomic mass is 9.82. The number of nitrogens with zero attached hydrogens (tertiary/aromatic N) is 2. The van der Waals surface area contributed by atoms with Crippen LogP contribution in [0.5, 0.6) is 5.75 Å². The van der Waals surface area contributed by atoms with Gasteiger partial charge in [0.1, 0.15) is 5.75 Å². The Kier molecular flexibility index (Phi) is 11.2. The van der Waals surface area contributed by atoms with Gasteiger partial charge in [0.25, 0.3) is 30.1 Å². The number of ether oxygens (including phenoxy) is 3. The number of hydrogen-bond acceptors (Lipinski definition) is 15. The van der Waals surface area contributed by atoms with Crippen molar-refractivity contribution in [1.29, 1.82) is 0 Å². The number of imide groups is 2. The fourth-order valence-corrected chi connectivity index (χ4v) is 12.8. The van der Waals surface area contributed by atoms with Crippen LogP contribution < -0.4 is 20.3 Å². The van der Waals surface area contributed by atoms with Gasteiger partial charge in [0, 0.05) is 49.5 Å². The Bertz CT molecular complexity index is 5140. The number of nitrogens with two attached hydrogens (primary N) is 1. The number of carbonyl (C=O) groups excluding carboxylic acids is 9. The summed E-state index contributed by atoms with van der Waals surface area (Å²) in [4.78, 5) is 139. The van der Waals surface area contributed by atoms with Crippen molar-refractivity contribution in [2.75, 3.05) is 15.5 Å². The summed E-state index contributed by atoms with van der Waals surface area (Å²) in [6.07, 6.45) is 0. The van der Waals surface area contributed by atoms with Gasteiger partial charge >= 0.3 is 35.8 Å². The van der Waals surface area contributed by atoms with Gasteiger partial charge in [0.05, 0.1) is 44.8 Å². The van der Waals surface area contributed by atoms with Crippen molar-refractivity contribution < 1.29 is 77.2 Å². The van der Waals surface area contributed by atoms with Crippen molar-refractivity contribution in [2.45, 2.75) is 0 Å². The zero-order valence-corrected chi connectivity index (χ0v) is 44.8. The molecule has 0 bridgehead atoms. The van der Waals surface area contributed by atoms with Gasteiger partial charge in [-0.25, -0.2) is 38.6 Å². The van der Waals surface area contributed by atoms with Crippen molar-refractivity contribution in [3.05, 3.63) is 225 Å². The highest BCUT2D eigenvalue weighted by Crippen LogP contribution is 2.49. The number of carboxylic acid groups (broad SMARTS) is 2. The number of nitrogen functional groups attached to an aromatic ring is 1. The van der Waals surface area contributed by atoms with E-state index < -0.39 is 59.4 Å². The summed E-state index contributed by atoms with van der Waals surface area (Å²) in [5, 5.41) is 29.3. The Morgan fingerprint density at radius 2 is 0.591 bits per heavy atom. The van der Waals surface area contributed by atoms with Crippen LogP contribution in [-0.4, -0.2) is 76.1 Å². The summed E-state index contributed by atoms with van der Waals surface area (Å²) < 4.78 is 14.6. The molecule has 4 heterocycles. The Labute approximate surface area is 491 Å². The first-order valence-corrected chi connectivity index (χ1v) is 26.9. The monoisotopic (exact) mass is 1160 g/mol. The van der Waals surface area contributed by atoms with E-state index in [1.165, 1.54) is 60.7 Å². The third-order valence-electron chi connectivity index (χ3n) is 16.6. The molecule has 4 aliphatic rings. The minimum atomic E-state index is -1.12. The van der Waals surface area contributed by atoms with Crippen LogP contribution in [0.15, 0.2) is 170 Å². The van der Waals surface area contributed by atoms with E-state index in [0.29, 0.717) is 83.9 Å². The second-order valence-corrected chi connectivity index (χ2v) is 21.0. The molecule has 88 heavy (non-hydrogen) atoms. The number of carboxylic acids is 2. The van der Waals surface area contributed by atoms with E-state index in [1.54, 1.807) is 60.7 Å². The van der Waals surface area contributed by atoms with Gasteiger partial charge < -0.3 is 30.2 Å². The molecule has 420 valence electrons. The minimum Gasteiger partial charge on any atom is -0.478 e. The predicted molar refractivity (Wildman–Crippen MR) is 321 cm³/mol. The van der Waals surface area contributed by atoms with Crippen molar-refractivity contribution in [3.8, 4) is 5.75 Å². The maximum absolute atomic E-state index is 13.9. The molecule has 4 aliphatic heterocycles. The van der Waals surface area contributed by atoms with Gasteiger partial charge in [-0.3, -0.25) is 24.0 Å². The molecule has 0 aromatic heterocycles. The number of esters is 4. The first-order chi connectivity index (χ1) is 42.5. The molecule has 0 saturated carbocycles. The average molecular weight is 1160 g/mol. The fraction of sp³-hybridized carbons (Fsp3) is 0. The van der Waals surface area contributed by atoms with Gasteiger partial charge in [-0.05, 0) is 186 Å². The van der Waals surface area contributed by atoms with Crippen LogP contribution in [0.1, 0.15) is 104 Å². The summed E-state index contributed by atoms with van der Waals surface area (Å²) in [7, 11) is 0. The van der Waals surface area contributed by atoms with E-state index in [4.69, 9.17) is 25.1 Å². The summed E-state index contributed by atoms with van der Waals surface area (Å²) in [5.41, 5.74) is 9.51. The zero-order chi connectivity index (χ0) is 60.9. The average Bonchev–Trinajstić information content (AvgIpc) is 0.828. The molecule has 0 spiro atoms. The van der Waals surface area contributed by atoms with Crippen LogP contribution in [0.4, 0.5) is 17.1 Å². The van der Waals surface area contributed by atoms with Crippen molar-refractivity contribution >= 4 is 169 Å². The van der Waals surface area contributed by atoms with Gasteiger partial charge in [-0.15, -0.1) is 0 Å². The van der Waals surface area contributed by atoms with Crippen molar-refractivity contribution in [1.82, 2.24) is 0 Å². The first-order valence-electron chi connectivity index (χ1n) is 26.9. The van der Waals surface area contributed by atoms with Crippen LogP contribution in [0.25, 0.3) is 86.2 Å². The van der Waals surface area contributed by atoms with E-state index >= 15 is 0 Å². The Balaban J connectivity index is 0.000000137. The van der Waals surface area contributed by atoms with Crippen molar-refractivity contribution in [2.24, 2.45) is 0 Å². The third kappa shape index (κ3) is 7.33. The number of rotatable bonds is 6. The van der Waals surface area contributed by atoms with E-state index in [9.17, 15) is 57.8 Å². The number of fused-ring (bicyclic) bond motifs is 4. The van der Waals surface area contributed by atoms with Crippen LogP contribution in [0.3, 0.4) is 0 Å². The number of carbonyl (C=O) groups is 11. The quantitative estimate of drug-likeness (QED) is 0.0265. The number of benzene rings is 13. The lowest BCUT2D eigenvalue weighted by molar-refractivity contribution is -0.120. The molecule has 0 fully saturated rings. The van der Waals surface area contributed by atoms with E-state index in [-0.39, 0.29) is 22.6 Å². The Morgan fingerprint density at radius 1 is 0.341 bits per heavy atom. The number of aromatic carboxylic acids is 2. The molecule has 17 rings (SSSR count). The van der Waals surface area contributed by atoms with Crippen molar-refractivity contribution in [3.63, 3.8) is 0 Å². The fourth-order valence-electron chi connectivity index (χ4n) is 12.8. The molecule has 0 atom stereocenters. The minimum absolute atomic E-state index is 0.0318. The maximum Gasteiger partial charge on any atom is 0.346 e. The lowest BCUT2D eigenvalue weighted by Crippen LogP contribution is -2.40. The Morgan fingerprint density at radius 3 is 0.864 bits per heavy atom. The number of cyclic esters (lactones) is 4. The SMILES string of the molecule is Nc1ccc(C(=O)O)cc1.O=C1OC(=O)c2ccc3c4ccc5c6c(ccc(c7ccc1c2c73)c64)C(=O)OC5=O.O=COc1ccc(N2C(=O)c3ccc4c5ccc6c7c(ccc(c8ccc(c3c48)C2=O)c75)C(=O)N(c2ccc(C(=O)O)cc2)C6=O)cc1. The lowest BCUT2D eigenvalue weighted by Gasteiger charge is -2.30. The molecule has 19 heteroatoms. The second kappa shape index (κ2) is 18.9. The van der Waals surface area contributed by atoms with E-state index in [1.807, 2.05) is 48.5 Å². The van der Waals surface area contributed by atoms with Gasteiger partial charge in [-0.1, -0.05) is 48.5 Å². The smallest absolute Gasteiger partial charge is 0.346 e. The molecular formula is C69H33N3O16. The van der Waals surface area contributed by atoms with Crippen LogP contribution >= 0.6 is 0 Å². The summed E-state index contributed by atoms with van der Waals surface area (Å²) >= 11 is 0. The molecular weight excluding hydrogens is 1130 g/mol. The normalized spacial score (nSPS) is 14.0. The largest absolute Gasteiger partial charge is 0.478 e. The highest BCUT2D eigenvalue weighted by Gasteiger charge is 2.39.